The van der Waals surface area contributed by atoms with E-state index < -0.39 is 0 Å². The fourth-order valence-corrected chi connectivity index (χ4v) is 2.01. The molecule has 1 aliphatic rings. The fraction of sp³-hybridized carbons (Fsp3) is 1.00. The van der Waals surface area contributed by atoms with Gasteiger partial charge in [-0.25, -0.2) is 0 Å². The molecule has 0 saturated carbocycles. The number of ether oxygens (including phenoxy) is 2. The Kier molecular flexibility index (Phi) is 8.67. The summed E-state index contributed by atoms with van der Waals surface area (Å²) in [6, 6.07) is 0. The fourth-order valence-electron chi connectivity index (χ4n) is 2.01. The summed E-state index contributed by atoms with van der Waals surface area (Å²) in [5.41, 5.74) is 0. The van der Waals surface area contributed by atoms with Crippen LogP contribution in [-0.2, 0) is 9.47 Å². The monoisotopic (exact) mass is 243 g/mol. The Balaban J connectivity index is 1.78. The van der Waals surface area contributed by atoms with Crippen molar-refractivity contribution in [1.82, 2.24) is 5.32 Å². The van der Waals surface area contributed by atoms with Gasteiger partial charge in [-0.3, -0.25) is 0 Å². The first kappa shape index (κ1) is 14.9. The molecule has 3 nitrogen and oxygen atoms in total. The van der Waals surface area contributed by atoms with Gasteiger partial charge in [0, 0.05) is 19.8 Å². The van der Waals surface area contributed by atoms with Crippen LogP contribution in [0.2, 0.25) is 0 Å². The van der Waals surface area contributed by atoms with Gasteiger partial charge in [-0.15, -0.1) is 0 Å². The summed E-state index contributed by atoms with van der Waals surface area (Å²) in [6.07, 6.45) is 6.35. The first-order valence-electron chi connectivity index (χ1n) is 7.19. The Bertz CT molecular complexity index is 168. The maximum absolute atomic E-state index is 5.83. The molecule has 102 valence electrons. The summed E-state index contributed by atoms with van der Waals surface area (Å²) in [5, 5.41) is 3.47. The lowest BCUT2D eigenvalue weighted by Gasteiger charge is -2.22. The van der Waals surface area contributed by atoms with Gasteiger partial charge < -0.3 is 14.8 Å². The lowest BCUT2D eigenvalue weighted by molar-refractivity contribution is -0.0326. The van der Waals surface area contributed by atoms with Crippen molar-refractivity contribution in [2.24, 2.45) is 5.92 Å². The molecule has 0 unspecified atom stereocenters. The molecule has 1 fully saturated rings. The highest BCUT2D eigenvalue weighted by Crippen LogP contribution is 2.11. The molecule has 17 heavy (non-hydrogen) atoms. The van der Waals surface area contributed by atoms with Crippen LogP contribution in [-0.4, -0.2) is 39.0 Å². The average Bonchev–Trinajstić information content (AvgIpc) is 2.33. The van der Waals surface area contributed by atoms with Crippen molar-refractivity contribution in [3.8, 4) is 0 Å². The summed E-state index contributed by atoms with van der Waals surface area (Å²) in [6.45, 7) is 9.46. The van der Waals surface area contributed by atoms with E-state index in [-0.39, 0.29) is 0 Å². The molecule has 1 rings (SSSR count). The zero-order valence-electron chi connectivity index (χ0n) is 11.5. The Morgan fingerprint density at radius 2 is 1.94 bits per heavy atom. The second-order valence-electron chi connectivity index (χ2n) is 5.34. The third-order valence-electron chi connectivity index (χ3n) is 3.07. The molecule has 0 atom stereocenters. The largest absolute Gasteiger partial charge is 0.381 e. The van der Waals surface area contributed by atoms with E-state index in [0.29, 0.717) is 6.10 Å². The van der Waals surface area contributed by atoms with Crippen LogP contribution in [0.3, 0.4) is 0 Å². The molecule has 0 aromatic rings. The highest BCUT2D eigenvalue weighted by molar-refractivity contribution is 4.62. The number of hydrogen-bond donors (Lipinski definition) is 1. The summed E-state index contributed by atoms with van der Waals surface area (Å²) in [5.74, 6) is 0.756. The van der Waals surface area contributed by atoms with Crippen LogP contribution in [0.5, 0.6) is 0 Å². The van der Waals surface area contributed by atoms with E-state index in [1.807, 2.05) is 0 Å². The zero-order chi connectivity index (χ0) is 12.3. The lowest BCUT2D eigenvalue weighted by atomic mass is 10.1. The third-order valence-corrected chi connectivity index (χ3v) is 3.07. The smallest absolute Gasteiger partial charge is 0.0619 e. The Morgan fingerprint density at radius 1 is 1.18 bits per heavy atom. The van der Waals surface area contributed by atoms with Gasteiger partial charge >= 0.3 is 0 Å². The van der Waals surface area contributed by atoms with E-state index in [1.54, 1.807) is 0 Å². The molecule has 1 saturated heterocycles. The molecule has 1 heterocycles. The second kappa shape index (κ2) is 9.86. The van der Waals surface area contributed by atoms with Gasteiger partial charge in [0.1, 0.15) is 0 Å². The highest BCUT2D eigenvalue weighted by Gasteiger charge is 2.13. The Morgan fingerprint density at radius 3 is 2.65 bits per heavy atom. The summed E-state index contributed by atoms with van der Waals surface area (Å²) < 4.78 is 11.1. The molecule has 3 heteroatoms. The normalized spacial score (nSPS) is 17.8. The lowest BCUT2D eigenvalue weighted by Crippen LogP contribution is -2.24. The summed E-state index contributed by atoms with van der Waals surface area (Å²) in [4.78, 5) is 0. The predicted molar refractivity (Wildman–Crippen MR) is 71.4 cm³/mol. The van der Waals surface area contributed by atoms with Gasteiger partial charge in [0.2, 0.25) is 0 Å². The molecule has 0 radical (unpaired) electrons. The minimum absolute atomic E-state index is 0.461. The molecule has 0 aliphatic carbocycles. The van der Waals surface area contributed by atoms with Gasteiger partial charge in [-0.1, -0.05) is 13.8 Å². The maximum Gasteiger partial charge on any atom is 0.0619 e. The molecule has 0 amide bonds. The number of rotatable bonds is 9. The van der Waals surface area contributed by atoms with E-state index in [0.717, 1.165) is 51.7 Å². The minimum atomic E-state index is 0.461. The van der Waals surface area contributed by atoms with Crippen LogP contribution in [0, 0.1) is 5.92 Å². The van der Waals surface area contributed by atoms with Crippen molar-refractivity contribution in [3.63, 3.8) is 0 Å². The van der Waals surface area contributed by atoms with Gasteiger partial charge in [0.15, 0.2) is 0 Å². The topological polar surface area (TPSA) is 30.5 Å². The van der Waals surface area contributed by atoms with Gasteiger partial charge in [0.25, 0.3) is 0 Å². The van der Waals surface area contributed by atoms with Crippen LogP contribution in [0.15, 0.2) is 0 Å². The molecular weight excluding hydrogens is 214 g/mol. The van der Waals surface area contributed by atoms with Crippen molar-refractivity contribution in [2.45, 2.75) is 52.1 Å². The standard InChI is InChI=1S/C14H29NO2/c1-13(2)12-15-8-4-3-5-9-17-14-6-10-16-11-7-14/h13-15H,3-12H2,1-2H3. The number of nitrogens with one attached hydrogen (secondary N) is 1. The Labute approximate surface area is 106 Å². The van der Waals surface area contributed by atoms with Gasteiger partial charge in [-0.2, -0.15) is 0 Å². The summed E-state index contributed by atoms with van der Waals surface area (Å²) in [7, 11) is 0. The highest BCUT2D eigenvalue weighted by atomic mass is 16.5. The maximum atomic E-state index is 5.83. The quantitative estimate of drug-likeness (QED) is 0.631. The number of unbranched alkanes of at least 4 members (excludes halogenated alkanes) is 2. The zero-order valence-corrected chi connectivity index (χ0v) is 11.5. The average molecular weight is 243 g/mol. The first-order valence-corrected chi connectivity index (χ1v) is 7.19. The third kappa shape index (κ3) is 8.58. The Hall–Kier alpha value is -0.120. The molecule has 0 bridgehead atoms. The van der Waals surface area contributed by atoms with E-state index >= 15 is 0 Å². The molecule has 0 aromatic carbocycles. The van der Waals surface area contributed by atoms with Crippen molar-refractivity contribution < 1.29 is 9.47 Å². The molecule has 0 spiro atoms. The van der Waals surface area contributed by atoms with E-state index in [1.165, 1.54) is 19.3 Å². The van der Waals surface area contributed by atoms with Crippen LogP contribution in [0.1, 0.15) is 46.0 Å². The van der Waals surface area contributed by atoms with Crippen molar-refractivity contribution in [2.75, 3.05) is 32.9 Å². The molecule has 1 N–H and O–H groups in total. The van der Waals surface area contributed by atoms with E-state index in [9.17, 15) is 0 Å². The SMILES string of the molecule is CC(C)CNCCCCCOC1CCOCC1. The minimum Gasteiger partial charge on any atom is -0.381 e. The molecule has 1 aliphatic heterocycles. The van der Waals surface area contributed by atoms with Crippen LogP contribution < -0.4 is 5.32 Å². The van der Waals surface area contributed by atoms with E-state index in [4.69, 9.17) is 9.47 Å². The van der Waals surface area contributed by atoms with Crippen LogP contribution in [0.25, 0.3) is 0 Å². The second-order valence-corrected chi connectivity index (χ2v) is 5.34. The van der Waals surface area contributed by atoms with Crippen molar-refractivity contribution in [3.05, 3.63) is 0 Å². The molecule has 0 aromatic heterocycles. The van der Waals surface area contributed by atoms with Crippen LogP contribution in [0.4, 0.5) is 0 Å². The molecular formula is C14H29NO2. The van der Waals surface area contributed by atoms with Crippen molar-refractivity contribution >= 4 is 0 Å². The van der Waals surface area contributed by atoms with Crippen LogP contribution >= 0.6 is 0 Å². The van der Waals surface area contributed by atoms with Gasteiger partial charge in [0.05, 0.1) is 6.10 Å². The van der Waals surface area contributed by atoms with Crippen molar-refractivity contribution in [1.29, 1.82) is 0 Å². The first-order chi connectivity index (χ1) is 8.29. The van der Waals surface area contributed by atoms with Gasteiger partial charge in [-0.05, 0) is 51.1 Å². The summed E-state index contributed by atoms with van der Waals surface area (Å²) >= 11 is 0. The predicted octanol–water partition coefficient (Wildman–Crippen LogP) is 2.60. The number of hydrogen-bond acceptors (Lipinski definition) is 3. The van der Waals surface area contributed by atoms with E-state index in [2.05, 4.69) is 19.2 Å².